The first-order chi connectivity index (χ1) is 14.5. The minimum atomic E-state index is -3.32. The number of hydrogen-bond acceptors (Lipinski definition) is 8. The maximum atomic E-state index is 11.9. The highest BCUT2D eigenvalue weighted by atomic mass is 32.2. The Morgan fingerprint density at radius 1 is 1.03 bits per heavy atom. The second-order valence-corrected chi connectivity index (χ2v) is 9.83. The highest BCUT2D eigenvalue weighted by Gasteiger charge is 2.13. The van der Waals surface area contributed by atoms with Crippen molar-refractivity contribution >= 4 is 48.1 Å². The molecule has 0 saturated heterocycles. The molecule has 0 aliphatic carbocycles. The molecule has 0 spiro atoms. The number of nitrogens with zero attached hydrogens (tertiary/aromatic N) is 3. The van der Waals surface area contributed by atoms with Crippen molar-refractivity contribution in [3.8, 4) is 10.8 Å². The molecule has 0 unspecified atom stereocenters. The zero-order valence-electron chi connectivity index (χ0n) is 15.9. The second-order valence-electron chi connectivity index (χ2n) is 6.78. The van der Waals surface area contributed by atoms with Gasteiger partial charge in [-0.1, -0.05) is 12.1 Å². The first-order valence-corrected chi connectivity index (χ1v) is 11.8. The van der Waals surface area contributed by atoms with E-state index in [9.17, 15) is 8.42 Å². The maximum absolute atomic E-state index is 11.9. The lowest BCUT2D eigenvalue weighted by atomic mass is 10.2. The largest absolute Gasteiger partial charge is 0.457 e. The summed E-state index contributed by atoms with van der Waals surface area (Å²) in [5, 5.41) is 4.68. The molecule has 3 aromatic heterocycles. The Morgan fingerprint density at radius 3 is 2.73 bits per heavy atom. The molecule has 5 rings (SSSR count). The summed E-state index contributed by atoms with van der Waals surface area (Å²) in [6.45, 7) is 0.389. The van der Waals surface area contributed by atoms with Gasteiger partial charge in [-0.15, -0.1) is 11.3 Å². The van der Waals surface area contributed by atoms with E-state index < -0.39 is 9.84 Å². The molecule has 0 saturated carbocycles. The van der Waals surface area contributed by atoms with Crippen LogP contribution in [-0.2, 0) is 16.4 Å². The molecule has 1 N–H and O–H groups in total. The number of para-hydroxylation sites is 1. The van der Waals surface area contributed by atoms with E-state index in [1.807, 2.05) is 36.4 Å². The van der Waals surface area contributed by atoms with E-state index >= 15 is 0 Å². The van der Waals surface area contributed by atoms with Crippen molar-refractivity contribution in [3.05, 3.63) is 66.7 Å². The van der Waals surface area contributed by atoms with Gasteiger partial charge in [-0.3, -0.25) is 0 Å². The maximum Gasteiger partial charge on any atom is 0.175 e. The Kier molecular flexibility index (Phi) is 4.48. The third-order valence-electron chi connectivity index (χ3n) is 4.63. The number of benzene rings is 2. The summed E-state index contributed by atoms with van der Waals surface area (Å²) in [5.74, 6) is 1.97. The van der Waals surface area contributed by atoms with Gasteiger partial charge in [0.1, 0.15) is 17.9 Å². The van der Waals surface area contributed by atoms with E-state index in [-0.39, 0.29) is 4.90 Å². The number of sulfone groups is 1. The topological polar surface area (TPSA) is 98.0 Å². The molecule has 0 aliphatic rings. The lowest BCUT2D eigenvalue weighted by molar-refractivity contribution is 0.531. The molecule has 150 valence electrons. The van der Waals surface area contributed by atoms with E-state index in [1.54, 1.807) is 29.5 Å². The van der Waals surface area contributed by atoms with Crippen molar-refractivity contribution in [2.45, 2.75) is 11.4 Å². The zero-order valence-corrected chi connectivity index (χ0v) is 17.5. The van der Waals surface area contributed by atoms with Gasteiger partial charge < -0.3 is 9.73 Å². The smallest absolute Gasteiger partial charge is 0.175 e. The molecule has 0 fully saturated rings. The number of anilines is 1. The summed E-state index contributed by atoms with van der Waals surface area (Å²) in [6, 6.07) is 16.6. The molecule has 0 aliphatic heterocycles. The third-order valence-corrected chi connectivity index (χ3v) is 6.79. The quantitative estimate of drug-likeness (QED) is 0.433. The number of rotatable bonds is 5. The van der Waals surface area contributed by atoms with Crippen molar-refractivity contribution in [1.82, 2.24) is 15.0 Å². The lowest BCUT2D eigenvalue weighted by Gasteiger charge is -2.08. The first kappa shape index (κ1) is 18.7. The minimum absolute atomic E-state index is 0.226. The van der Waals surface area contributed by atoms with Crippen LogP contribution in [0.4, 0.5) is 5.82 Å². The number of nitrogens with one attached hydrogen (secondary N) is 1. The van der Waals surface area contributed by atoms with Crippen LogP contribution in [-0.4, -0.2) is 29.6 Å². The fourth-order valence-electron chi connectivity index (χ4n) is 3.14. The van der Waals surface area contributed by atoms with Gasteiger partial charge in [0.15, 0.2) is 20.6 Å². The third kappa shape index (κ3) is 3.53. The van der Waals surface area contributed by atoms with Gasteiger partial charge in [0.2, 0.25) is 0 Å². The van der Waals surface area contributed by atoms with Crippen molar-refractivity contribution < 1.29 is 12.8 Å². The predicted molar refractivity (Wildman–Crippen MR) is 117 cm³/mol. The first-order valence-electron chi connectivity index (χ1n) is 9.11. The summed E-state index contributed by atoms with van der Waals surface area (Å²) in [5.41, 5.74) is 1.61. The summed E-state index contributed by atoms with van der Waals surface area (Å²) in [4.78, 5) is 13.3. The summed E-state index contributed by atoms with van der Waals surface area (Å²) < 4.78 is 30.8. The van der Waals surface area contributed by atoms with Crippen LogP contribution in [0.2, 0.25) is 0 Å². The highest BCUT2D eigenvalue weighted by Crippen LogP contribution is 2.31. The van der Waals surface area contributed by atoms with Gasteiger partial charge in [-0.05, 0) is 42.5 Å². The molecule has 7 nitrogen and oxygen atoms in total. The average molecular weight is 437 g/mol. The summed E-state index contributed by atoms with van der Waals surface area (Å²) in [6.07, 6.45) is 2.62. The summed E-state index contributed by atoms with van der Waals surface area (Å²) >= 11 is 1.58. The molecular formula is C21H16N4O3S2. The second kappa shape index (κ2) is 7.19. The fraction of sp³-hybridized carbons (Fsp3) is 0.0952. The Morgan fingerprint density at radius 2 is 1.90 bits per heavy atom. The molecule has 5 aromatic rings. The van der Waals surface area contributed by atoms with E-state index in [1.165, 1.54) is 12.6 Å². The Bertz CT molecular complexity index is 1460. The van der Waals surface area contributed by atoms with Crippen LogP contribution in [0.5, 0.6) is 0 Å². The van der Waals surface area contributed by atoms with Gasteiger partial charge >= 0.3 is 0 Å². The Labute approximate surface area is 176 Å². The van der Waals surface area contributed by atoms with Crippen molar-refractivity contribution in [3.63, 3.8) is 0 Å². The van der Waals surface area contributed by atoms with Crippen LogP contribution in [0, 0.1) is 0 Å². The molecular weight excluding hydrogens is 420 g/mol. The average Bonchev–Trinajstić information content (AvgIpc) is 3.38. The van der Waals surface area contributed by atoms with E-state index in [0.29, 0.717) is 29.0 Å². The molecule has 0 atom stereocenters. The zero-order chi connectivity index (χ0) is 20.7. The van der Waals surface area contributed by atoms with Gasteiger partial charge in [0.05, 0.1) is 27.2 Å². The van der Waals surface area contributed by atoms with Crippen molar-refractivity contribution in [1.29, 1.82) is 0 Å². The van der Waals surface area contributed by atoms with Gasteiger partial charge in [0, 0.05) is 11.6 Å². The molecule has 3 heterocycles. The van der Waals surface area contributed by atoms with Crippen molar-refractivity contribution in [2.75, 3.05) is 11.6 Å². The number of hydrogen-bond donors (Lipinski definition) is 1. The monoisotopic (exact) mass is 436 g/mol. The van der Waals surface area contributed by atoms with Crippen molar-refractivity contribution in [2.24, 2.45) is 0 Å². The molecule has 0 radical (unpaired) electrons. The minimum Gasteiger partial charge on any atom is -0.457 e. The Hall–Kier alpha value is -3.30. The fourth-order valence-corrected chi connectivity index (χ4v) is 4.72. The number of thiazole rings is 1. The molecule has 30 heavy (non-hydrogen) atoms. The van der Waals surface area contributed by atoms with Crippen LogP contribution in [0.25, 0.3) is 31.9 Å². The van der Waals surface area contributed by atoms with Gasteiger partial charge in [-0.25, -0.2) is 23.4 Å². The van der Waals surface area contributed by atoms with Crippen LogP contribution in [0.1, 0.15) is 5.76 Å². The van der Waals surface area contributed by atoms with Gasteiger partial charge in [0.25, 0.3) is 0 Å². The highest BCUT2D eigenvalue weighted by molar-refractivity contribution is 7.90. The van der Waals surface area contributed by atoms with Crippen LogP contribution in [0.15, 0.2) is 70.2 Å². The summed E-state index contributed by atoms with van der Waals surface area (Å²) in [7, 11) is -3.32. The number of fused-ring (bicyclic) bond motifs is 2. The normalized spacial score (nSPS) is 11.9. The molecule has 0 amide bonds. The molecule has 2 aromatic carbocycles. The lowest BCUT2D eigenvalue weighted by Crippen LogP contribution is -2.03. The van der Waals surface area contributed by atoms with Gasteiger partial charge in [-0.2, -0.15) is 0 Å². The van der Waals surface area contributed by atoms with E-state index in [2.05, 4.69) is 20.3 Å². The van der Waals surface area contributed by atoms with E-state index in [4.69, 9.17) is 4.42 Å². The molecule has 9 heteroatoms. The predicted octanol–water partition coefficient (Wildman–Crippen LogP) is 4.52. The Balaban J connectivity index is 1.41. The molecule has 0 bridgehead atoms. The standard InChI is InChI=1S/C21H16N4O3S2/c1-30(26,27)14-7-8-16-15(10-14)20(24-12-23-16)22-11-13-6-9-18(28-13)21-25-17-4-2-3-5-19(17)29-21/h2-10,12H,11H2,1H3,(H,22,23,24). The SMILES string of the molecule is CS(=O)(=O)c1ccc2ncnc(NCc3ccc(-c4nc5ccccc5s4)o3)c2c1. The van der Waals surface area contributed by atoms with E-state index in [0.717, 1.165) is 21.0 Å². The van der Waals surface area contributed by atoms with Crippen LogP contribution < -0.4 is 5.32 Å². The van der Waals surface area contributed by atoms with Crippen LogP contribution >= 0.6 is 11.3 Å². The number of furan rings is 1. The van der Waals surface area contributed by atoms with Crippen LogP contribution in [0.3, 0.4) is 0 Å². The number of aromatic nitrogens is 3.